The van der Waals surface area contributed by atoms with E-state index in [9.17, 15) is 13.2 Å². The van der Waals surface area contributed by atoms with E-state index < -0.39 is 26.8 Å². The number of sulfone groups is 1. The van der Waals surface area contributed by atoms with Crippen LogP contribution in [0.25, 0.3) is 6.08 Å². The Morgan fingerprint density at radius 1 is 1.16 bits per heavy atom. The molecule has 1 aliphatic heterocycles. The van der Waals surface area contributed by atoms with E-state index in [1.165, 1.54) is 0 Å². The van der Waals surface area contributed by atoms with Crippen LogP contribution in [-0.2, 0) is 14.6 Å². The second kappa shape index (κ2) is 9.05. The summed E-state index contributed by atoms with van der Waals surface area (Å²) in [7, 11) is -3.49. The highest BCUT2D eigenvalue weighted by Gasteiger charge is 2.34. The molecule has 0 unspecified atom stereocenters. The molecule has 0 atom stereocenters. The Morgan fingerprint density at radius 2 is 1.74 bits per heavy atom. The van der Waals surface area contributed by atoms with Crippen molar-refractivity contribution in [2.24, 2.45) is 0 Å². The van der Waals surface area contributed by atoms with Gasteiger partial charge < -0.3 is 15.0 Å². The maximum Gasteiger partial charge on any atom is 0.410 e. The van der Waals surface area contributed by atoms with Crippen molar-refractivity contribution in [1.29, 1.82) is 0 Å². The van der Waals surface area contributed by atoms with Crippen molar-refractivity contribution in [3.63, 3.8) is 0 Å². The molecule has 0 radical (unpaired) electrons. The van der Waals surface area contributed by atoms with Crippen LogP contribution in [0.5, 0.6) is 0 Å². The van der Waals surface area contributed by atoms with Crippen LogP contribution >= 0.6 is 0 Å². The molecule has 166 valence electrons. The fourth-order valence-corrected chi connectivity index (χ4v) is 4.96. The molecule has 3 rings (SSSR count). The third-order valence-corrected chi connectivity index (χ3v) is 7.16. The predicted molar refractivity (Wildman–Crippen MR) is 120 cm³/mol. The highest BCUT2D eigenvalue weighted by atomic mass is 32.2. The highest BCUT2D eigenvalue weighted by Crippen LogP contribution is 2.27. The lowest BCUT2D eigenvalue weighted by molar-refractivity contribution is 0.0217. The second-order valence-corrected chi connectivity index (χ2v) is 10.6. The number of nitrogens with one attached hydrogen (secondary N) is 1. The summed E-state index contributed by atoms with van der Waals surface area (Å²) in [6.07, 6.45) is 5.30. The van der Waals surface area contributed by atoms with E-state index in [2.05, 4.69) is 21.9 Å². The molecule has 8 nitrogen and oxygen atoms in total. The molecule has 1 aromatic heterocycles. The number of piperidine rings is 1. The molecular formula is C22H28N4O4S. The summed E-state index contributed by atoms with van der Waals surface area (Å²) in [5, 5.41) is 2.51. The fraction of sp³-hybridized carbons (Fsp3) is 0.409. The zero-order valence-corrected chi connectivity index (χ0v) is 18.9. The van der Waals surface area contributed by atoms with Crippen LogP contribution in [0.3, 0.4) is 0 Å². The molecule has 0 bridgehead atoms. The first-order valence-electron chi connectivity index (χ1n) is 10.1. The number of hydrogen-bond acceptors (Lipinski definition) is 7. The first-order chi connectivity index (χ1) is 14.6. The molecular weight excluding hydrogens is 416 g/mol. The van der Waals surface area contributed by atoms with Crippen molar-refractivity contribution in [2.75, 3.05) is 18.4 Å². The molecule has 1 aromatic carbocycles. The number of carbonyl (C=O) groups excluding carboxylic acids is 1. The number of likely N-dealkylation sites (tertiary alicyclic amines) is 1. The van der Waals surface area contributed by atoms with Crippen molar-refractivity contribution < 1.29 is 17.9 Å². The minimum Gasteiger partial charge on any atom is -0.444 e. The predicted octanol–water partition coefficient (Wildman–Crippen LogP) is 4.04. The third-order valence-electron chi connectivity index (χ3n) is 4.88. The molecule has 0 aliphatic carbocycles. The minimum atomic E-state index is -3.49. The molecule has 1 fully saturated rings. The van der Waals surface area contributed by atoms with Crippen LogP contribution in [0.1, 0.15) is 39.2 Å². The van der Waals surface area contributed by atoms with Gasteiger partial charge in [0.2, 0.25) is 5.95 Å². The van der Waals surface area contributed by atoms with Gasteiger partial charge in [-0.3, -0.25) is 0 Å². The van der Waals surface area contributed by atoms with Gasteiger partial charge in [-0.05, 0) is 57.9 Å². The molecule has 0 spiro atoms. The Labute approximate surface area is 183 Å². The summed E-state index contributed by atoms with van der Waals surface area (Å²) in [5.74, 6) is 0.413. The lowest BCUT2D eigenvalue weighted by Gasteiger charge is -2.33. The Hall–Kier alpha value is -2.94. The highest BCUT2D eigenvalue weighted by molar-refractivity contribution is 7.92. The molecule has 1 aliphatic rings. The molecule has 1 amide bonds. The number of ether oxygens (including phenoxy) is 1. The summed E-state index contributed by atoms with van der Waals surface area (Å²) in [4.78, 5) is 22.4. The zero-order chi connectivity index (χ0) is 22.6. The Morgan fingerprint density at radius 3 is 2.26 bits per heavy atom. The molecule has 1 saturated heterocycles. The number of nitrogens with zero attached hydrogens (tertiary/aromatic N) is 3. The number of amides is 1. The van der Waals surface area contributed by atoms with Gasteiger partial charge in [0.25, 0.3) is 0 Å². The second-order valence-electron chi connectivity index (χ2n) is 8.41. The first-order valence-corrected chi connectivity index (χ1v) is 11.7. The lowest BCUT2D eigenvalue weighted by atomic mass is 10.1. The minimum absolute atomic E-state index is 0.261. The molecule has 0 saturated carbocycles. The lowest BCUT2D eigenvalue weighted by Crippen LogP contribution is -2.44. The molecule has 1 N–H and O–H groups in total. The summed E-state index contributed by atoms with van der Waals surface area (Å²) in [5.41, 5.74) is 0.920. The number of hydrogen-bond donors (Lipinski definition) is 1. The van der Waals surface area contributed by atoms with Gasteiger partial charge in [0, 0.05) is 36.7 Å². The van der Waals surface area contributed by atoms with Crippen LogP contribution < -0.4 is 5.32 Å². The average molecular weight is 445 g/mol. The van der Waals surface area contributed by atoms with E-state index in [1.54, 1.807) is 47.6 Å². The summed E-state index contributed by atoms with van der Waals surface area (Å²) < 4.78 is 31.5. The van der Waals surface area contributed by atoms with Gasteiger partial charge in [0.15, 0.2) is 9.84 Å². The van der Waals surface area contributed by atoms with Crippen molar-refractivity contribution >= 4 is 33.6 Å². The number of rotatable bonds is 5. The standard InChI is InChI=1S/C22H28N4O4S/c1-5-16-14-23-20(24-15-16)25-17-6-8-18(9-7-17)31(28,29)19-10-12-26(13-11-19)21(27)30-22(2,3)4/h5-9,14-15,19H,1,10-13H2,2-4H3,(H,23,24,25). The van der Waals surface area contributed by atoms with Gasteiger partial charge in [-0.1, -0.05) is 12.7 Å². The molecule has 2 aromatic rings. The van der Waals surface area contributed by atoms with E-state index >= 15 is 0 Å². The largest absolute Gasteiger partial charge is 0.444 e. The molecule has 31 heavy (non-hydrogen) atoms. The van der Waals surface area contributed by atoms with E-state index in [0.29, 0.717) is 37.6 Å². The number of benzene rings is 1. The Balaban J connectivity index is 1.61. The van der Waals surface area contributed by atoms with E-state index in [0.717, 1.165) is 5.56 Å². The van der Waals surface area contributed by atoms with Gasteiger partial charge in [-0.15, -0.1) is 0 Å². The topological polar surface area (TPSA) is 101 Å². The molecule has 9 heteroatoms. The van der Waals surface area contributed by atoms with Gasteiger partial charge >= 0.3 is 6.09 Å². The van der Waals surface area contributed by atoms with Gasteiger partial charge in [-0.25, -0.2) is 23.2 Å². The first kappa shape index (κ1) is 22.7. The zero-order valence-electron chi connectivity index (χ0n) is 18.0. The Kier molecular flexibility index (Phi) is 6.64. The fourth-order valence-electron chi connectivity index (χ4n) is 3.23. The van der Waals surface area contributed by atoms with Crippen LogP contribution in [0.4, 0.5) is 16.4 Å². The smallest absolute Gasteiger partial charge is 0.410 e. The molecule has 2 heterocycles. The maximum atomic E-state index is 13.0. The summed E-state index contributed by atoms with van der Waals surface area (Å²) in [6, 6.07) is 6.53. The number of aromatic nitrogens is 2. The third kappa shape index (κ3) is 5.81. The maximum absolute atomic E-state index is 13.0. The van der Waals surface area contributed by atoms with E-state index in [-0.39, 0.29) is 4.90 Å². The van der Waals surface area contributed by atoms with E-state index in [1.807, 2.05) is 20.8 Å². The average Bonchev–Trinajstić information content (AvgIpc) is 2.73. The van der Waals surface area contributed by atoms with Crippen molar-refractivity contribution in [3.05, 3.63) is 48.8 Å². The monoisotopic (exact) mass is 444 g/mol. The Bertz CT molecular complexity index is 1020. The summed E-state index contributed by atoms with van der Waals surface area (Å²) in [6.45, 7) is 9.80. The van der Waals surface area contributed by atoms with Crippen LogP contribution in [-0.4, -0.2) is 53.3 Å². The van der Waals surface area contributed by atoms with Crippen LogP contribution in [0.2, 0.25) is 0 Å². The number of carbonyl (C=O) groups is 1. The normalized spacial score (nSPS) is 15.4. The van der Waals surface area contributed by atoms with Gasteiger partial charge in [0.1, 0.15) is 5.60 Å². The van der Waals surface area contributed by atoms with Crippen LogP contribution in [0.15, 0.2) is 48.1 Å². The van der Waals surface area contributed by atoms with Crippen molar-refractivity contribution in [2.45, 2.75) is 49.4 Å². The van der Waals surface area contributed by atoms with Gasteiger partial charge in [0.05, 0.1) is 10.1 Å². The van der Waals surface area contributed by atoms with Crippen molar-refractivity contribution in [3.8, 4) is 0 Å². The number of anilines is 2. The van der Waals surface area contributed by atoms with Crippen molar-refractivity contribution in [1.82, 2.24) is 14.9 Å². The van der Waals surface area contributed by atoms with Crippen LogP contribution in [0, 0.1) is 0 Å². The quantitative estimate of drug-likeness (QED) is 0.743. The van der Waals surface area contributed by atoms with Gasteiger partial charge in [-0.2, -0.15) is 0 Å². The SMILES string of the molecule is C=Cc1cnc(Nc2ccc(S(=O)(=O)C3CCN(C(=O)OC(C)(C)C)CC3)cc2)nc1. The van der Waals surface area contributed by atoms with E-state index in [4.69, 9.17) is 4.74 Å². The summed E-state index contributed by atoms with van der Waals surface area (Å²) >= 11 is 0.